The third-order valence-corrected chi connectivity index (χ3v) is 16.4. The van der Waals surface area contributed by atoms with Crippen LogP contribution in [0.1, 0.15) is 329 Å². The number of nitrogens with zero attached hydrogens (tertiary/aromatic N) is 1. The van der Waals surface area contributed by atoms with E-state index in [1.165, 1.54) is 225 Å². The Labute approximate surface area is 502 Å². The zero-order valence-corrected chi connectivity index (χ0v) is 55.2. The highest BCUT2D eigenvalue weighted by Crippen LogP contribution is 2.43. The first-order chi connectivity index (χ1) is 39.4. The van der Waals surface area contributed by atoms with E-state index in [4.69, 9.17) is 13.8 Å². The zero-order chi connectivity index (χ0) is 59.3. The number of hydrogen-bond donors (Lipinski definition) is 2. The fraction of sp³-hybridized carbons (Fsp3) is 0.831. The van der Waals surface area contributed by atoms with E-state index in [-0.39, 0.29) is 25.1 Å². The van der Waals surface area contributed by atoms with Crippen molar-refractivity contribution in [2.24, 2.45) is 0 Å². The first-order valence-electron chi connectivity index (χ1n) is 34.6. The minimum absolute atomic E-state index is 0.0394. The van der Waals surface area contributed by atoms with Gasteiger partial charge in [-0.05, 0) is 96.0 Å². The average molecular weight is 1160 g/mol. The van der Waals surface area contributed by atoms with Gasteiger partial charge in [-0.15, -0.1) is 0 Å². The molecule has 0 aliphatic rings. The summed E-state index contributed by atoms with van der Waals surface area (Å²) >= 11 is 0. The lowest BCUT2D eigenvalue weighted by atomic mass is 10.0. The predicted molar refractivity (Wildman–Crippen MR) is 351 cm³/mol. The van der Waals surface area contributed by atoms with Crippen molar-refractivity contribution in [3.8, 4) is 0 Å². The molecule has 0 aliphatic heterocycles. The predicted octanol–water partition coefficient (Wildman–Crippen LogP) is 21.8. The molecule has 2 N–H and O–H groups in total. The molecule has 3 unspecified atom stereocenters. The number of allylic oxidation sites excluding steroid dienone is 9. The zero-order valence-electron chi connectivity index (χ0n) is 54.3. The number of phosphoric ester groups is 1. The van der Waals surface area contributed by atoms with Crippen molar-refractivity contribution in [2.45, 2.75) is 341 Å². The summed E-state index contributed by atoms with van der Waals surface area (Å²) in [5, 5.41) is 3.07. The van der Waals surface area contributed by atoms with E-state index in [2.05, 4.69) is 74.7 Å². The molecule has 81 heavy (non-hydrogen) atoms. The topological polar surface area (TPSA) is 111 Å². The molecule has 0 aromatic carbocycles. The minimum atomic E-state index is -4.45. The molecule has 0 aromatic heterocycles. The molecule has 0 bridgehead atoms. The Morgan fingerprint density at radius 3 is 1.14 bits per heavy atom. The van der Waals surface area contributed by atoms with E-state index in [0.717, 1.165) is 70.6 Å². The maximum absolute atomic E-state index is 13.6. The molecule has 0 rings (SSSR count). The van der Waals surface area contributed by atoms with Gasteiger partial charge in [-0.25, -0.2) is 4.57 Å². The highest BCUT2D eigenvalue weighted by molar-refractivity contribution is 7.47. The summed E-state index contributed by atoms with van der Waals surface area (Å²) in [6.45, 7) is 6.99. The van der Waals surface area contributed by atoms with Crippen LogP contribution < -0.4 is 5.32 Å². The maximum atomic E-state index is 13.6. The second-order valence-electron chi connectivity index (χ2n) is 24.7. The Balaban J connectivity index is 5.03. The van der Waals surface area contributed by atoms with Gasteiger partial charge in [-0.3, -0.25) is 18.6 Å². The SMILES string of the molecule is CCCCC/C=C\C/C=C\CCCCCCCCCCCCCCCCCC(=O)OC(/C=C\CCCCCCCCCCC)C(COP(=O)(O)OCC[N+](C)(C)C)NC(=O)CCCCCCCCCCC/C=C\C/C=C\CCCCC. The molecule has 0 aromatic rings. The third kappa shape index (κ3) is 62.1. The summed E-state index contributed by atoms with van der Waals surface area (Å²) < 4.78 is 30.8. The average Bonchev–Trinajstić information content (AvgIpc) is 3.43. The van der Waals surface area contributed by atoms with Gasteiger partial charge in [0.2, 0.25) is 5.91 Å². The lowest BCUT2D eigenvalue weighted by molar-refractivity contribution is -0.870. The lowest BCUT2D eigenvalue weighted by Crippen LogP contribution is -2.47. The van der Waals surface area contributed by atoms with Gasteiger partial charge in [0, 0.05) is 12.8 Å². The lowest BCUT2D eigenvalue weighted by Gasteiger charge is -2.27. The third-order valence-electron chi connectivity index (χ3n) is 15.4. The summed E-state index contributed by atoms with van der Waals surface area (Å²) in [5.74, 6) is -0.500. The van der Waals surface area contributed by atoms with E-state index in [1.54, 1.807) is 0 Å². The van der Waals surface area contributed by atoms with Gasteiger partial charge in [-0.2, -0.15) is 0 Å². The molecule has 0 aliphatic carbocycles. The van der Waals surface area contributed by atoms with Crippen LogP contribution in [0.3, 0.4) is 0 Å². The molecular formula is C71H134N2O7P+. The Bertz CT molecular complexity index is 1570. The van der Waals surface area contributed by atoms with Crippen LogP contribution in [0.5, 0.6) is 0 Å². The number of hydrogen-bond acceptors (Lipinski definition) is 6. The molecule has 0 saturated heterocycles. The molecule has 0 saturated carbocycles. The molecule has 3 atom stereocenters. The summed E-state index contributed by atoms with van der Waals surface area (Å²) in [6, 6.07) is -0.851. The Kier molecular flexibility index (Phi) is 59.1. The molecule has 9 nitrogen and oxygen atoms in total. The van der Waals surface area contributed by atoms with Crippen LogP contribution in [-0.4, -0.2) is 74.3 Å². The number of esters is 1. The van der Waals surface area contributed by atoms with Crippen molar-refractivity contribution >= 4 is 19.7 Å². The van der Waals surface area contributed by atoms with E-state index in [0.29, 0.717) is 23.9 Å². The second kappa shape index (κ2) is 60.8. The van der Waals surface area contributed by atoms with Crippen molar-refractivity contribution in [1.82, 2.24) is 5.32 Å². The Hall–Kier alpha value is -2.29. The van der Waals surface area contributed by atoms with Crippen molar-refractivity contribution in [2.75, 3.05) is 40.9 Å². The van der Waals surface area contributed by atoms with Gasteiger partial charge in [0.1, 0.15) is 19.3 Å². The monoisotopic (exact) mass is 1160 g/mol. The summed E-state index contributed by atoms with van der Waals surface area (Å²) in [5.41, 5.74) is 0. The summed E-state index contributed by atoms with van der Waals surface area (Å²) in [4.78, 5) is 37.8. The molecule has 0 radical (unpaired) electrons. The molecule has 10 heteroatoms. The fourth-order valence-electron chi connectivity index (χ4n) is 10.1. The number of carbonyl (C=O) groups is 2. The van der Waals surface area contributed by atoms with Gasteiger partial charge in [0.25, 0.3) is 0 Å². The molecule has 474 valence electrons. The van der Waals surface area contributed by atoms with E-state index >= 15 is 0 Å². The van der Waals surface area contributed by atoms with Crippen molar-refractivity contribution in [3.63, 3.8) is 0 Å². The highest BCUT2D eigenvalue weighted by Gasteiger charge is 2.30. The van der Waals surface area contributed by atoms with Crippen LogP contribution >= 0.6 is 7.82 Å². The highest BCUT2D eigenvalue weighted by atomic mass is 31.2. The van der Waals surface area contributed by atoms with Crippen LogP contribution in [0.25, 0.3) is 0 Å². The van der Waals surface area contributed by atoms with Crippen molar-refractivity contribution in [1.29, 1.82) is 0 Å². The molecular weight excluding hydrogens is 1020 g/mol. The van der Waals surface area contributed by atoms with E-state index in [1.807, 2.05) is 33.3 Å². The number of unbranched alkanes of at least 4 members (excludes halogenated alkanes) is 39. The number of likely N-dealkylation sites (N-methyl/N-ethyl adjacent to an activating group) is 1. The maximum Gasteiger partial charge on any atom is 0.472 e. The number of amides is 1. The van der Waals surface area contributed by atoms with Crippen LogP contribution in [0, 0.1) is 0 Å². The van der Waals surface area contributed by atoms with Gasteiger partial charge >= 0.3 is 13.8 Å². The molecule has 1 amide bonds. The van der Waals surface area contributed by atoms with Gasteiger partial charge in [0.05, 0.1) is 33.8 Å². The summed E-state index contributed by atoms with van der Waals surface area (Å²) in [7, 11) is 1.50. The van der Waals surface area contributed by atoms with Crippen molar-refractivity contribution in [3.05, 3.63) is 60.8 Å². The van der Waals surface area contributed by atoms with Gasteiger partial charge in [0.15, 0.2) is 0 Å². The second-order valence-corrected chi connectivity index (χ2v) is 26.1. The number of nitrogens with one attached hydrogen (secondary N) is 1. The van der Waals surface area contributed by atoms with Crippen LogP contribution in [0.15, 0.2) is 60.8 Å². The first-order valence-corrected chi connectivity index (χ1v) is 36.1. The fourth-order valence-corrected chi connectivity index (χ4v) is 10.8. The molecule has 0 heterocycles. The Morgan fingerprint density at radius 1 is 0.432 bits per heavy atom. The van der Waals surface area contributed by atoms with E-state index < -0.39 is 20.0 Å². The first kappa shape index (κ1) is 78.7. The number of phosphoric acid groups is 1. The number of ether oxygens (including phenoxy) is 1. The van der Waals surface area contributed by atoms with E-state index in [9.17, 15) is 19.0 Å². The molecule has 0 spiro atoms. The normalized spacial score (nSPS) is 13.9. The number of quaternary nitrogens is 1. The standard InChI is InChI=1S/C71H133N2O7P/c1-7-10-13-16-19-22-25-27-29-31-33-34-35-36-37-38-40-42-44-46-49-52-55-58-61-64-71(75)80-69(62-59-56-53-50-47-24-21-18-15-12-9-3)68(67-79-81(76,77)78-66-65-73(4,5)6)72-70(74)63-60-57-54-51-48-45-43-41-39-32-30-28-26-23-20-17-14-11-8-2/h19-20,22-23,27-30,59,62,68-69H,7-18,21,24-26,31-58,60-61,63-67H2,1-6H3,(H-,72,74,76,77)/p+1/b22-19-,23-20-,29-27-,30-28-,62-59-. The quantitative estimate of drug-likeness (QED) is 0.0205. The van der Waals surface area contributed by atoms with Crippen LogP contribution in [-0.2, 0) is 27.9 Å². The number of carbonyl (C=O) groups excluding carboxylic acids is 2. The largest absolute Gasteiger partial charge is 0.472 e. The molecule has 0 fully saturated rings. The Morgan fingerprint density at radius 2 is 0.753 bits per heavy atom. The van der Waals surface area contributed by atoms with Crippen LogP contribution in [0.4, 0.5) is 0 Å². The van der Waals surface area contributed by atoms with Crippen molar-refractivity contribution < 1.29 is 37.3 Å². The minimum Gasteiger partial charge on any atom is -0.456 e. The van der Waals surface area contributed by atoms with Crippen LogP contribution in [0.2, 0.25) is 0 Å². The van der Waals surface area contributed by atoms with Gasteiger partial charge in [-0.1, -0.05) is 281 Å². The summed E-state index contributed by atoms with van der Waals surface area (Å²) in [6.07, 6.45) is 78.0. The van der Waals surface area contributed by atoms with Gasteiger partial charge < -0.3 is 19.4 Å². The number of rotatable bonds is 63. The smallest absolute Gasteiger partial charge is 0.456 e.